The summed E-state index contributed by atoms with van der Waals surface area (Å²) in [6, 6.07) is 27.3. The average Bonchev–Trinajstić information content (AvgIpc) is 0.970. The molecule has 0 amide bonds. The maximum absolute atomic E-state index is 7.99. The largest absolute Gasteiger partial charge is 0.455 e. The Kier molecular flexibility index (Phi) is 14.6. The molecule has 5 aliphatic rings. The number of nitrogens with zero attached hydrogens (tertiary/aromatic N) is 4. The van der Waals surface area contributed by atoms with Gasteiger partial charge in [-0.25, -0.2) is 19.9 Å². The van der Waals surface area contributed by atoms with Gasteiger partial charge in [-0.3, -0.25) is 0 Å². The van der Waals surface area contributed by atoms with E-state index in [9.17, 15) is 0 Å². The van der Waals surface area contributed by atoms with E-state index in [0.717, 1.165) is 186 Å². The topological polar surface area (TPSA) is 124 Å². The highest BCUT2D eigenvalue weighted by Crippen LogP contribution is 2.57. The Hall–Kier alpha value is -8.56. The second kappa shape index (κ2) is 21.9. The molecule has 11 heterocycles. The van der Waals surface area contributed by atoms with Gasteiger partial charge in [0.1, 0.15) is 11.5 Å². The predicted molar refractivity (Wildman–Crippen MR) is 373 cm³/mol. The molecule has 13 rings (SSSR count). The third kappa shape index (κ3) is 8.75. The molecule has 0 spiro atoms. The molecule has 0 aliphatic carbocycles. The molecule has 0 saturated heterocycles. The van der Waals surface area contributed by atoms with Crippen LogP contribution in [-0.2, 0) is 31.1 Å². The van der Waals surface area contributed by atoms with Crippen molar-refractivity contribution in [1.29, 1.82) is 0 Å². The number of aromatic amines is 4. The van der Waals surface area contributed by atoms with Crippen molar-refractivity contribution in [3.63, 3.8) is 0 Å². The summed E-state index contributed by atoms with van der Waals surface area (Å²) >= 11 is 0. The number of fused-ring (bicyclic) bond motifs is 18. The zero-order valence-corrected chi connectivity index (χ0v) is 55.3. The monoisotopic (exact) mass is 1160 g/mol. The minimum Gasteiger partial charge on any atom is -0.455 e. The number of hydrogen-bond acceptors (Lipinski definition) is 5. The minimum absolute atomic E-state index is 0.508. The summed E-state index contributed by atoms with van der Waals surface area (Å²) in [5.41, 5.74) is 42.1. The lowest BCUT2D eigenvalue weighted by Gasteiger charge is -2.36. The number of nitrogens with one attached hydrogen (secondary N) is 4. The fraction of sp³-hybridized carbons (Fsp3) is 0.342. The lowest BCUT2D eigenvalue weighted by molar-refractivity contribution is 0.421. The summed E-state index contributed by atoms with van der Waals surface area (Å²) in [5, 5.41) is 0. The van der Waals surface area contributed by atoms with Gasteiger partial charge in [-0.05, 0) is 232 Å². The number of benzene rings is 2. The lowest BCUT2D eigenvalue weighted by atomic mass is 9.73. The second-order valence-electron chi connectivity index (χ2n) is 25.6. The highest BCUT2D eigenvalue weighted by molar-refractivity contribution is 6.05. The number of hydrogen-bond donors (Lipinski definition) is 4. The Bertz CT molecular complexity index is 4550. The van der Waals surface area contributed by atoms with E-state index >= 15 is 0 Å². The van der Waals surface area contributed by atoms with Crippen LogP contribution in [0.4, 0.5) is 0 Å². The fourth-order valence-corrected chi connectivity index (χ4v) is 15.8. The summed E-state index contributed by atoms with van der Waals surface area (Å²) < 4.78 is 7.99. The standard InChI is InChI=1S/C79H86N8O/c1-19-47-39(9)59-33-67-51(23-5)43(13)73(84-67)71(74-44(14)52(24-6)68(85-74)34-60-40(10)48(20-2)64(81-60)37-63(47)80-59)55-29-27-31-57-77(55)88-78-56(30-28-32-58(78)79(57,17)18)72-75-45(15)53(25-7)69(86-75)35-61-41(11)49(21-3)65(82-61)38-66-50(22-4)42(12)62(83-66)36-70-54(26-8)46(16)76(72)87-70/h27-38,80,82,85,87H,19-26H2,1-18H3. The summed E-state index contributed by atoms with van der Waals surface area (Å²) in [4.78, 5) is 38.6. The van der Waals surface area contributed by atoms with Crippen molar-refractivity contribution >= 4 is 88.7 Å². The highest BCUT2D eigenvalue weighted by Gasteiger charge is 2.39. The molecule has 0 radical (unpaired) electrons. The van der Waals surface area contributed by atoms with Crippen molar-refractivity contribution in [3.05, 3.63) is 174 Å². The average molecular weight is 1160 g/mol. The number of allylic oxidation sites excluding steroid dienone is 8. The molecule has 0 unspecified atom stereocenters. The van der Waals surface area contributed by atoms with E-state index in [0.29, 0.717) is 0 Å². The highest BCUT2D eigenvalue weighted by atomic mass is 16.5. The van der Waals surface area contributed by atoms with Gasteiger partial charge in [0.25, 0.3) is 0 Å². The summed E-state index contributed by atoms with van der Waals surface area (Å²) in [6.07, 6.45) is 6.89. The maximum Gasteiger partial charge on any atom is 0.139 e. The number of aromatic nitrogens is 8. The molecular weight excluding hydrogens is 1080 g/mol. The van der Waals surface area contributed by atoms with Crippen molar-refractivity contribution in [2.75, 3.05) is 0 Å². The number of rotatable bonds is 10. The van der Waals surface area contributed by atoms with Gasteiger partial charge in [-0.2, -0.15) is 0 Å². The van der Waals surface area contributed by atoms with Crippen LogP contribution in [0.1, 0.15) is 224 Å². The Labute approximate surface area is 519 Å². The van der Waals surface area contributed by atoms with Crippen molar-refractivity contribution in [2.45, 2.75) is 181 Å². The zero-order chi connectivity index (χ0) is 62.1. The lowest BCUT2D eigenvalue weighted by Crippen LogP contribution is -2.25. The number of aryl methyl sites for hydroxylation is 8. The van der Waals surface area contributed by atoms with Crippen molar-refractivity contribution in [3.8, 4) is 33.8 Å². The van der Waals surface area contributed by atoms with Crippen LogP contribution in [0.15, 0.2) is 72.8 Å². The first-order chi connectivity index (χ1) is 42.3. The van der Waals surface area contributed by atoms with Crippen LogP contribution in [0.3, 0.4) is 0 Å². The molecule has 88 heavy (non-hydrogen) atoms. The van der Waals surface area contributed by atoms with Gasteiger partial charge in [0.15, 0.2) is 0 Å². The normalized spacial score (nSPS) is 14.6. The van der Waals surface area contributed by atoms with E-state index < -0.39 is 5.41 Å². The molecule has 16 bridgehead atoms. The van der Waals surface area contributed by atoms with E-state index in [1.165, 1.54) is 89.1 Å². The first kappa shape index (κ1) is 58.5. The minimum atomic E-state index is -0.508. The zero-order valence-electron chi connectivity index (χ0n) is 55.3. The van der Waals surface area contributed by atoms with Gasteiger partial charge < -0.3 is 24.7 Å². The molecular formula is C79H86N8O. The van der Waals surface area contributed by atoms with E-state index in [1.54, 1.807) is 0 Å². The molecule has 9 heteroatoms. The van der Waals surface area contributed by atoms with Crippen LogP contribution in [0, 0.1) is 27.7 Å². The van der Waals surface area contributed by atoms with Crippen LogP contribution < -0.4 is 4.74 Å². The second-order valence-corrected chi connectivity index (χ2v) is 25.6. The third-order valence-electron chi connectivity index (χ3n) is 20.8. The van der Waals surface area contributed by atoms with E-state index in [1.807, 2.05) is 0 Å². The number of para-hydroxylation sites is 2. The van der Waals surface area contributed by atoms with Crippen LogP contribution in [0.25, 0.3) is 111 Å². The number of ether oxygens (including phenoxy) is 1. The molecule has 0 saturated carbocycles. The molecule has 6 aromatic heterocycles. The van der Waals surface area contributed by atoms with E-state index in [4.69, 9.17) is 24.7 Å². The maximum atomic E-state index is 7.99. The molecule has 0 fully saturated rings. The Morgan fingerprint density at radius 1 is 0.352 bits per heavy atom. The van der Waals surface area contributed by atoms with Gasteiger partial charge >= 0.3 is 0 Å². The first-order valence-corrected chi connectivity index (χ1v) is 32.6. The quantitative estimate of drug-likeness (QED) is 0.109. The summed E-state index contributed by atoms with van der Waals surface area (Å²) in [5.74, 6) is 1.66. The predicted octanol–water partition coefficient (Wildman–Crippen LogP) is 21.6. The van der Waals surface area contributed by atoms with Crippen LogP contribution in [0.2, 0.25) is 0 Å². The molecule has 2 aromatic carbocycles. The van der Waals surface area contributed by atoms with Gasteiger partial charge in [0.05, 0.1) is 56.6 Å². The van der Waals surface area contributed by atoms with Crippen molar-refractivity contribution < 1.29 is 4.74 Å². The van der Waals surface area contributed by atoms with Crippen molar-refractivity contribution in [1.82, 2.24) is 39.9 Å². The van der Waals surface area contributed by atoms with Crippen LogP contribution in [0.5, 0.6) is 11.5 Å². The molecule has 4 N–H and O–H groups in total. The van der Waals surface area contributed by atoms with Gasteiger partial charge in [-0.15, -0.1) is 0 Å². The van der Waals surface area contributed by atoms with Gasteiger partial charge in [-0.1, -0.05) is 106 Å². The first-order valence-electron chi connectivity index (χ1n) is 32.6. The van der Waals surface area contributed by atoms with Crippen LogP contribution in [-0.4, -0.2) is 39.9 Å². The third-order valence-corrected chi connectivity index (χ3v) is 20.8. The fourth-order valence-electron chi connectivity index (χ4n) is 15.8. The van der Waals surface area contributed by atoms with E-state index in [2.05, 4.69) is 217 Å². The Morgan fingerprint density at radius 3 is 1.03 bits per heavy atom. The van der Waals surface area contributed by atoms with Gasteiger partial charge in [0, 0.05) is 71.9 Å². The van der Waals surface area contributed by atoms with Crippen molar-refractivity contribution in [2.24, 2.45) is 0 Å². The smallest absolute Gasteiger partial charge is 0.139 e. The Morgan fingerprint density at radius 2 is 0.670 bits per heavy atom. The molecule has 0 atom stereocenters. The van der Waals surface area contributed by atoms with E-state index in [-0.39, 0.29) is 0 Å². The van der Waals surface area contributed by atoms with Crippen LogP contribution >= 0.6 is 0 Å². The molecule has 9 nitrogen and oxygen atoms in total. The summed E-state index contributed by atoms with van der Waals surface area (Å²) in [6.45, 7) is 40.9. The number of H-pyrrole nitrogens is 4. The molecule has 448 valence electrons. The van der Waals surface area contributed by atoms with Gasteiger partial charge in [0.2, 0.25) is 0 Å². The Balaban J connectivity index is 1.15. The molecule has 5 aliphatic heterocycles. The SMILES string of the molecule is CCC1=C(C)c2cc3[nH]c(c(C)c3CC)c(-c3cccc4c3Oc3c(-c5c6nc(cc7[nH]c(cc8nc(cc9[nH]c5c(C)c9CC)C(C)=C8CC)c(CC)c7C)C(CC)=C6C)cccc3C4(C)C)c3nc(cc4[nH]c(cc1n2)c(CC)c4C)C(CC)=C3C. The molecule has 8 aromatic rings. The summed E-state index contributed by atoms with van der Waals surface area (Å²) in [7, 11) is 0.